The first-order chi connectivity index (χ1) is 15.5. The summed E-state index contributed by atoms with van der Waals surface area (Å²) >= 11 is 0. The van der Waals surface area contributed by atoms with Crippen LogP contribution in [0.4, 0.5) is 17.2 Å². The van der Waals surface area contributed by atoms with E-state index in [1.54, 1.807) is 17.0 Å². The molecule has 0 saturated heterocycles. The number of nitrogens with one attached hydrogen (secondary N) is 2. The lowest BCUT2D eigenvalue weighted by Gasteiger charge is -2.26. The van der Waals surface area contributed by atoms with Gasteiger partial charge in [-0.05, 0) is 17.7 Å². The Hall–Kier alpha value is -3.85. The number of hydrogen-bond acceptors (Lipinski definition) is 6. The zero-order valence-corrected chi connectivity index (χ0v) is 17.9. The van der Waals surface area contributed by atoms with Crippen molar-refractivity contribution in [3.05, 3.63) is 87.1 Å². The summed E-state index contributed by atoms with van der Waals surface area (Å²) in [6, 6.07) is 18.7. The van der Waals surface area contributed by atoms with Crippen LogP contribution in [0.25, 0.3) is 0 Å². The number of nitrogens with two attached hydrogens (primary N) is 1. The molecule has 0 bridgehead atoms. The summed E-state index contributed by atoms with van der Waals surface area (Å²) in [7, 11) is 1.51. The molecule has 3 rings (SSSR count). The highest BCUT2D eigenvalue weighted by Crippen LogP contribution is 2.20. The Balaban J connectivity index is 1.88. The largest absolute Gasteiger partial charge is 0.383 e. The quantitative estimate of drug-likeness (QED) is 0.445. The minimum absolute atomic E-state index is 0.0372. The summed E-state index contributed by atoms with van der Waals surface area (Å²) in [4.78, 5) is 41.5. The normalized spacial score (nSPS) is 10.7. The molecule has 0 saturated carbocycles. The van der Waals surface area contributed by atoms with Crippen LogP contribution in [-0.4, -0.2) is 35.7 Å². The molecule has 0 aliphatic heterocycles. The topological polar surface area (TPSA) is 122 Å². The van der Waals surface area contributed by atoms with Crippen molar-refractivity contribution < 1.29 is 9.53 Å². The van der Waals surface area contributed by atoms with Gasteiger partial charge in [-0.3, -0.25) is 19.1 Å². The fourth-order valence-corrected chi connectivity index (χ4v) is 3.34. The van der Waals surface area contributed by atoms with Crippen molar-refractivity contribution in [3.8, 4) is 0 Å². The van der Waals surface area contributed by atoms with Gasteiger partial charge in [-0.15, -0.1) is 0 Å². The summed E-state index contributed by atoms with van der Waals surface area (Å²) < 4.78 is 6.31. The molecule has 1 amide bonds. The molecule has 1 heterocycles. The highest BCUT2D eigenvalue weighted by Gasteiger charge is 2.20. The van der Waals surface area contributed by atoms with E-state index in [1.165, 1.54) is 11.7 Å². The van der Waals surface area contributed by atoms with E-state index >= 15 is 0 Å². The highest BCUT2D eigenvalue weighted by atomic mass is 16.5. The van der Waals surface area contributed by atoms with Crippen molar-refractivity contribution in [1.29, 1.82) is 0 Å². The van der Waals surface area contributed by atoms with Crippen LogP contribution in [0.2, 0.25) is 0 Å². The van der Waals surface area contributed by atoms with Gasteiger partial charge < -0.3 is 20.7 Å². The number of hydrogen-bond donors (Lipinski definition) is 3. The molecule has 32 heavy (non-hydrogen) atoms. The van der Waals surface area contributed by atoms with Crippen molar-refractivity contribution in [2.24, 2.45) is 0 Å². The fraction of sp³-hybridized carbons (Fsp3) is 0.261. The van der Waals surface area contributed by atoms with E-state index in [-0.39, 0.29) is 43.5 Å². The second kappa shape index (κ2) is 11.0. The van der Waals surface area contributed by atoms with E-state index in [0.29, 0.717) is 12.2 Å². The molecular formula is C23H27N5O4. The maximum absolute atomic E-state index is 12.7. The Morgan fingerprint density at radius 1 is 1.09 bits per heavy atom. The van der Waals surface area contributed by atoms with Crippen LogP contribution >= 0.6 is 0 Å². The van der Waals surface area contributed by atoms with Gasteiger partial charge in [0.25, 0.3) is 5.56 Å². The molecule has 9 heteroatoms. The highest BCUT2D eigenvalue weighted by molar-refractivity contribution is 5.91. The molecule has 0 aliphatic carbocycles. The number of nitrogen functional groups attached to an aromatic ring is 1. The Kier molecular flexibility index (Phi) is 7.82. The van der Waals surface area contributed by atoms with Gasteiger partial charge >= 0.3 is 5.69 Å². The van der Waals surface area contributed by atoms with Gasteiger partial charge in [-0.2, -0.15) is 0 Å². The minimum Gasteiger partial charge on any atom is -0.383 e. The minimum atomic E-state index is -0.602. The molecule has 168 valence electrons. The van der Waals surface area contributed by atoms with Crippen LogP contribution < -0.4 is 27.2 Å². The third kappa shape index (κ3) is 5.86. The first-order valence-corrected chi connectivity index (χ1v) is 10.2. The van der Waals surface area contributed by atoms with E-state index < -0.39 is 11.2 Å². The number of carbonyl (C=O) groups excluding carboxylic acids is 1. The molecular weight excluding hydrogens is 410 g/mol. The van der Waals surface area contributed by atoms with Crippen molar-refractivity contribution >= 4 is 23.1 Å². The lowest BCUT2D eigenvalue weighted by Crippen LogP contribution is -2.39. The van der Waals surface area contributed by atoms with Crippen molar-refractivity contribution in [3.63, 3.8) is 0 Å². The number of ether oxygens (including phenoxy) is 1. The SMILES string of the molecule is COCCn1c(N)c(N(CCC(=O)Nc2ccccc2)Cc2ccccc2)c(=O)[nH]c1=O. The predicted molar refractivity (Wildman–Crippen MR) is 125 cm³/mol. The summed E-state index contributed by atoms with van der Waals surface area (Å²) in [5.74, 6) is -0.160. The molecule has 0 fully saturated rings. The van der Waals surface area contributed by atoms with Crippen molar-refractivity contribution in [2.75, 3.05) is 36.2 Å². The smallest absolute Gasteiger partial charge is 0.330 e. The Morgan fingerprint density at radius 3 is 2.41 bits per heavy atom. The lowest BCUT2D eigenvalue weighted by atomic mass is 10.2. The van der Waals surface area contributed by atoms with Gasteiger partial charge in [0.2, 0.25) is 5.91 Å². The van der Waals surface area contributed by atoms with Crippen LogP contribution in [0, 0.1) is 0 Å². The average molecular weight is 438 g/mol. The van der Waals surface area contributed by atoms with Crippen molar-refractivity contribution in [1.82, 2.24) is 9.55 Å². The number of rotatable bonds is 10. The number of methoxy groups -OCH3 is 1. The molecule has 4 N–H and O–H groups in total. The molecule has 2 aromatic carbocycles. The first-order valence-electron chi connectivity index (χ1n) is 10.2. The zero-order chi connectivity index (χ0) is 22.9. The van der Waals surface area contributed by atoms with E-state index in [4.69, 9.17) is 10.5 Å². The fourth-order valence-electron chi connectivity index (χ4n) is 3.34. The molecule has 0 spiro atoms. The monoisotopic (exact) mass is 437 g/mol. The molecule has 0 radical (unpaired) electrons. The standard InChI is InChI=1S/C23H27N5O4/c1-32-15-14-28-21(24)20(22(30)26-23(28)31)27(16-17-8-4-2-5-9-17)13-12-19(29)25-18-10-6-3-7-11-18/h2-11H,12-16,24H2,1H3,(H,25,29)(H,26,30,31). The molecule has 0 unspecified atom stereocenters. The average Bonchev–Trinajstić information content (AvgIpc) is 2.78. The van der Waals surface area contributed by atoms with E-state index in [1.807, 2.05) is 48.5 Å². The number of benzene rings is 2. The number of H-pyrrole nitrogens is 1. The summed E-state index contributed by atoms with van der Waals surface area (Å²) in [5.41, 5.74) is 6.83. The summed E-state index contributed by atoms with van der Waals surface area (Å²) in [6.45, 7) is 1.02. The number of anilines is 3. The summed E-state index contributed by atoms with van der Waals surface area (Å²) in [6.07, 6.45) is 0.123. The Morgan fingerprint density at radius 2 is 1.75 bits per heavy atom. The molecule has 0 atom stereocenters. The van der Waals surface area contributed by atoms with Crippen LogP contribution in [0.15, 0.2) is 70.3 Å². The maximum atomic E-state index is 12.7. The van der Waals surface area contributed by atoms with Crippen LogP contribution in [0.5, 0.6) is 0 Å². The van der Waals surface area contributed by atoms with Crippen LogP contribution in [-0.2, 0) is 22.6 Å². The van der Waals surface area contributed by atoms with Gasteiger partial charge in [0.1, 0.15) is 11.5 Å². The third-order valence-corrected chi connectivity index (χ3v) is 4.93. The van der Waals surface area contributed by atoms with Crippen LogP contribution in [0.1, 0.15) is 12.0 Å². The lowest BCUT2D eigenvalue weighted by molar-refractivity contribution is -0.116. The molecule has 1 aromatic heterocycles. The first kappa shape index (κ1) is 22.8. The number of aromatic nitrogens is 2. The van der Waals surface area contributed by atoms with Gasteiger partial charge in [0, 0.05) is 32.3 Å². The zero-order valence-electron chi connectivity index (χ0n) is 17.9. The number of amides is 1. The van der Waals surface area contributed by atoms with E-state index in [9.17, 15) is 14.4 Å². The molecule has 0 aliphatic rings. The molecule has 9 nitrogen and oxygen atoms in total. The number of aromatic amines is 1. The van der Waals surface area contributed by atoms with Gasteiger partial charge in [0.05, 0.1) is 13.2 Å². The Bertz CT molecular complexity index is 1140. The number of carbonyl (C=O) groups is 1. The predicted octanol–water partition coefficient (Wildman–Crippen LogP) is 1.80. The van der Waals surface area contributed by atoms with Crippen LogP contribution in [0.3, 0.4) is 0 Å². The summed E-state index contributed by atoms with van der Waals surface area (Å²) in [5, 5.41) is 2.84. The van der Waals surface area contributed by atoms with E-state index in [2.05, 4.69) is 10.3 Å². The van der Waals surface area contributed by atoms with Crippen molar-refractivity contribution in [2.45, 2.75) is 19.5 Å². The number of nitrogens with zero attached hydrogens (tertiary/aromatic N) is 2. The third-order valence-electron chi connectivity index (χ3n) is 4.93. The van der Waals surface area contributed by atoms with Gasteiger partial charge in [-0.25, -0.2) is 4.79 Å². The van der Waals surface area contributed by atoms with Gasteiger partial charge in [-0.1, -0.05) is 48.5 Å². The second-order valence-electron chi connectivity index (χ2n) is 7.21. The molecule has 3 aromatic rings. The second-order valence-corrected chi connectivity index (χ2v) is 7.21. The maximum Gasteiger partial charge on any atom is 0.330 e. The van der Waals surface area contributed by atoms with E-state index in [0.717, 1.165) is 5.56 Å². The number of para-hydroxylation sites is 1. The van der Waals surface area contributed by atoms with Gasteiger partial charge in [0.15, 0.2) is 0 Å². The Labute approximate surface area is 185 Å².